The lowest BCUT2D eigenvalue weighted by molar-refractivity contribution is -0.146. The fourth-order valence-electron chi connectivity index (χ4n) is 5.93. The largest absolute Gasteiger partial charge is 0.356 e. The van der Waals surface area contributed by atoms with Gasteiger partial charge in [0.05, 0.1) is 10.6 Å². The molecule has 0 aliphatic heterocycles. The van der Waals surface area contributed by atoms with Crippen LogP contribution in [0, 0.1) is 23.2 Å². The number of halogens is 1. The number of amides is 3. The Hall–Kier alpha value is -2.08. The molecule has 4 saturated carbocycles. The molecule has 5 rings (SSSR count). The minimum atomic E-state index is -0.459. The molecule has 0 saturated heterocycles. The smallest absolute Gasteiger partial charge is 0.271 e. The van der Waals surface area contributed by atoms with E-state index in [4.69, 9.17) is 11.6 Å². The molecule has 4 fully saturated rings. The Bertz CT molecular complexity index is 775. The minimum Gasteiger partial charge on any atom is -0.356 e. The highest BCUT2D eigenvalue weighted by molar-refractivity contribution is 6.33. The topological polar surface area (TPSA) is 87.3 Å². The molecule has 4 aliphatic carbocycles. The fourth-order valence-corrected chi connectivity index (χ4v) is 6.15. The summed E-state index contributed by atoms with van der Waals surface area (Å²) in [7, 11) is 0. The second-order valence-electron chi connectivity index (χ2n) is 9.04. The highest BCUT2D eigenvalue weighted by atomic mass is 35.5. The summed E-state index contributed by atoms with van der Waals surface area (Å²) >= 11 is 5.96. The number of hydrogen-bond acceptors (Lipinski definition) is 3. The van der Waals surface area contributed by atoms with Gasteiger partial charge in [0.15, 0.2) is 0 Å². The van der Waals surface area contributed by atoms with Crippen LogP contribution in [0.25, 0.3) is 0 Å². The van der Waals surface area contributed by atoms with Crippen LogP contribution in [-0.2, 0) is 9.59 Å². The van der Waals surface area contributed by atoms with Gasteiger partial charge in [-0.25, -0.2) is 0 Å². The summed E-state index contributed by atoms with van der Waals surface area (Å²) in [6, 6.07) is 6.64. The van der Waals surface area contributed by atoms with Crippen molar-refractivity contribution in [2.75, 3.05) is 6.54 Å². The number of rotatable bonds is 6. The molecule has 0 radical (unpaired) electrons. The van der Waals surface area contributed by atoms with Crippen molar-refractivity contribution in [3.63, 3.8) is 0 Å². The van der Waals surface area contributed by atoms with Gasteiger partial charge in [-0.05, 0) is 74.8 Å². The van der Waals surface area contributed by atoms with Crippen LogP contribution in [0.4, 0.5) is 0 Å². The molecule has 29 heavy (non-hydrogen) atoms. The van der Waals surface area contributed by atoms with Crippen LogP contribution in [0.5, 0.6) is 0 Å². The maximum atomic E-state index is 12.9. The summed E-state index contributed by atoms with van der Waals surface area (Å²) in [5.41, 5.74) is 4.91. The lowest BCUT2D eigenvalue weighted by Gasteiger charge is -2.55. The van der Waals surface area contributed by atoms with Gasteiger partial charge < -0.3 is 5.32 Å². The second kappa shape index (κ2) is 8.34. The monoisotopic (exact) mass is 417 g/mol. The van der Waals surface area contributed by atoms with Crippen LogP contribution in [0.15, 0.2) is 24.3 Å². The first-order valence-electron chi connectivity index (χ1n) is 10.6. The zero-order chi connectivity index (χ0) is 20.4. The summed E-state index contributed by atoms with van der Waals surface area (Å²) in [5.74, 6) is 1.64. The lowest BCUT2D eigenvalue weighted by atomic mass is 9.49. The zero-order valence-electron chi connectivity index (χ0n) is 16.5. The predicted octanol–water partition coefficient (Wildman–Crippen LogP) is 3.21. The van der Waals surface area contributed by atoms with E-state index in [1.807, 2.05) is 0 Å². The van der Waals surface area contributed by atoms with Crippen molar-refractivity contribution in [2.45, 2.75) is 51.4 Å². The Balaban J connectivity index is 1.16. The van der Waals surface area contributed by atoms with Gasteiger partial charge in [-0.1, -0.05) is 23.7 Å². The third-order valence-electron chi connectivity index (χ3n) is 6.82. The fraction of sp³-hybridized carbons (Fsp3) is 0.591. The van der Waals surface area contributed by atoms with Crippen molar-refractivity contribution in [1.29, 1.82) is 0 Å². The molecule has 3 N–H and O–H groups in total. The molecule has 0 aromatic heterocycles. The van der Waals surface area contributed by atoms with E-state index in [2.05, 4.69) is 16.2 Å². The molecular formula is C22H28ClN3O3. The third kappa shape index (κ3) is 4.42. The highest BCUT2D eigenvalue weighted by Crippen LogP contribution is 2.60. The molecule has 0 unspecified atom stereocenters. The molecule has 1 aromatic carbocycles. The standard InChI is InChI=1S/C22H28ClN3O3/c23-18-5-2-1-4-17(18)20(28)26-25-19(27)6-3-7-24-21(29)22-11-14-8-15(12-22)10-16(9-14)13-22/h1-2,4-5,14-16H,3,6-13H2,(H,24,29)(H,25,27)(H,26,28). The SMILES string of the molecule is O=C(CCCNC(=O)C12CC3CC(CC(C3)C1)C2)NNC(=O)c1ccccc1Cl. The summed E-state index contributed by atoms with van der Waals surface area (Å²) in [6.45, 7) is 0.479. The number of hydrogen-bond donors (Lipinski definition) is 3. The van der Waals surface area contributed by atoms with Crippen molar-refractivity contribution in [3.8, 4) is 0 Å². The first kappa shape index (κ1) is 20.2. The third-order valence-corrected chi connectivity index (χ3v) is 7.15. The van der Waals surface area contributed by atoms with Crippen molar-refractivity contribution >= 4 is 29.3 Å². The van der Waals surface area contributed by atoms with Gasteiger partial charge in [0.25, 0.3) is 5.91 Å². The van der Waals surface area contributed by atoms with Crippen LogP contribution < -0.4 is 16.2 Å². The summed E-state index contributed by atoms with van der Waals surface area (Å²) in [6.07, 6.45) is 7.82. The lowest BCUT2D eigenvalue weighted by Crippen LogP contribution is -2.53. The first-order valence-corrected chi connectivity index (χ1v) is 10.9. The van der Waals surface area contributed by atoms with Crippen LogP contribution in [0.1, 0.15) is 61.7 Å². The van der Waals surface area contributed by atoms with Gasteiger partial charge >= 0.3 is 0 Å². The van der Waals surface area contributed by atoms with Crippen LogP contribution >= 0.6 is 11.6 Å². The molecule has 7 heteroatoms. The molecule has 1 aromatic rings. The molecule has 4 aliphatic rings. The quantitative estimate of drug-likeness (QED) is 0.490. The van der Waals surface area contributed by atoms with E-state index >= 15 is 0 Å². The van der Waals surface area contributed by atoms with Crippen molar-refractivity contribution in [1.82, 2.24) is 16.2 Å². The number of carbonyl (C=O) groups is 3. The average molecular weight is 418 g/mol. The Morgan fingerprint density at radius 3 is 2.21 bits per heavy atom. The van der Waals surface area contributed by atoms with E-state index in [1.165, 1.54) is 19.3 Å². The highest BCUT2D eigenvalue weighted by Gasteiger charge is 2.54. The molecule has 0 atom stereocenters. The first-order chi connectivity index (χ1) is 13.9. The maximum absolute atomic E-state index is 12.9. The molecule has 0 heterocycles. The maximum Gasteiger partial charge on any atom is 0.271 e. The predicted molar refractivity (Wildman–Crippen MR) is 110 cm³/mol. The molecule has 0 spiro atoms. The van der Waals surface area contributed by atoms with Crippen LogP contribution in [-0.4, -0.2) is 24.3 Å². The minimum absolute atomic E-state index is 0.153. The van der Waals surface area contributed by atoms with E-state index in [9.17, 15) is 14.4 Å². The Morgan fingerprint density at radius 2 is 1.59 bits per heavy atom. The Labute approximate surface area is 176 Å². The van der Waals surface area contributed by atoms with Crippen molar-refractivity contribution in [3.05, 3.63) is 34.9 Å². The summed E-state index contributed by atoms with van der Waals surface area (Å²) in [5, 5.41) is 3.40. The van der Waals surface area contributed by atoms with Crippen LogP contribution in [0.3, 0.4) is 0 Å². The molecular weight excluding hydrogens is 390 g/mol. The van der Waals surface area contributed by atoms with E-state index < -0.39 is 5.91 Å². The Kier molecular flexibility index (Phi) is 5.81. The van der Waals surface area contributed by atoms with Gasteiger partial charge in [0.2, 0.25) is 11.8 Å². The zero-order valence-corrected chi connectivity index (χ0v) is 17.3. The van der Waals surface area contributed by atoms with Gasteiger partial charge in [-0.3, -0.25) is 25.2 Å². The van der Waals surface area contributed by atoms with Gasteiger partial charge in [0, 0.05) is 18.4 Å². The van der Waals surface area contributed by atoms with E-state index in [0.29, 0.717) is 23.6 Å². The van der Waals surface area contributed by atoms with E-state index in [1.54, 1.807) is 24.3 Å². The van der Waals surface area contributed by atoms with Gasteiger partial charge in [-0.15, -0.1) is 0 Å². The molecule has 4 bridgehead atoms. The summed E-state index contributed by atoms with van der Waals surface area (Å²) in [4.78, 5) is 36.9. The second-order valence-corrected chi connectivity index (χ2v) is 9.45. The molecule has 3 amide bonds. The average Bonchev–Trinajstić information content (AvgIpc) is 2.68. The number of nitrogens with one attached hydrogen (secondary N) is 3. The van der Waals surface area contributed by atoms with Gasteiger partial charge in [-0.2, -0.15) is 0 Å². The van der Waals surface area contributed by atoms with E-state index in [0.717, 1.165) is 37.0 Å². The van der Waals surface area contributed by atoms with Crippen molar-refractivity contribution in [2.24, 2.45) is 23.2 Å². The number of benzene rings is 1. The molecule has 156 valence electrons. The number of hydrazine groups is 1. The molecule has 6 nitrogen and oxygen atoms in total. The summed E-state index contributed by atoms with van der Waals surface area (Å²) < 4.78 is 0. The Morgan fingerprint density at radius 1 is 0.966 bits per heavy atom. The normalized spacial score (nSPS) is 29.3. The van der Waals surface area contributed by atoms with Gasteiger partial charge in [0.1, 0.15) is 0 Å². The van der Waals surface area contributed by atoms with Crippen molar-refractivity contribution < 1.29 is 14.4 Å². The van der Waals surface area contributed by atoms with E-state index in [-0.39, 0.29) is 23.7 Å². The van der Waals surface area contributed by atoms with Crippen LogP contribution in [0.2, 0.25) is 5.02 Å². The number of carbonyl (C=O) groups excluding carboxylic acids is 3.